The van der Waals surface area contributed by atoms with Crippen LogP contribution in [0.4, 0.5) is 5.13 Å². The summed E-state index contributed by atoms with van der Waals surface area (Å²) in [5, 5.41) is 3.82. The molecule has 1 unspecified atom stereocenters. The van der Waals surface area contributed by atoms with Crippen molar-refractivity contribution in [2.24, 2.45) is 0 Å². The van der Waals surface area contributed by atoms with E-state index in [1.54, 1.807) is 32.2 Å². The van der Waals surface area contributed by atoms with Crippen LogP contribution in [0.15, 0.2) is 82.7 Å². The third-order valence-corrected chi connectivity index (χ3v) is 7.24. The van der Waals surface area contributed by atoms with Crippen LogP contribution in [0.25, 0.3) is 26.8 Å². The fraction of sp³-hybridized carbons (Fsp3) is 0.120. The van der Waals surface area contributed by atoms with Gasteiger partial charge in [0.1, 0.15) is 5.75 Å². The Kier molecular flexibility index (Phi) is 6.04. The number of benzene rings is 3. The zero-order valence-electron chi connectivity index (χ0n) is 18.4. The molecule has 0 spiro atoms. The van der Waals surface area contributed by atoms with E-state index in [1.165, 1.54) is 27.7 Å². The second-order valence-electron chi connectivity index (χ2n) is 7.49. The summed E-state index contributed by atoms with van der Waals surface area (Å²) in [5.74, 6) is 0.402. The van der Waals surface area contributed by atoms with Gasteiger partial charge >= 0.3 is 0 Å². The van der Waals surface area contributed by atoms with Crippen molar-refractivity contribution in [3.05, 3.63) is 83.2 Å². The van der Waals surface area contributed by atoms with Crippen LogP contribution < -0.4 is 15.6 Å². The van der Waals surface area contributed by atoms with Crippen molar-refractivity contribution in [1.82, 2.24) is 14.5 Å². The maximum atomic E-state index is 13.5. The summed E-state index contributed by atoms with van der Waals surface area (Å²) >= 11 is 2.64. The van der Waals surface area contributed by atoms with Crippen LogP contribution in [0.5, 0.6) is 5.75 Å². The van der Waals surface area contributed by atoms with E-state index in [0.29, 0.717) is 32.6 Å². The summed E-state index contributed by atoms with van der Waals surface area (Å²) in [4.78, 5) is 35.6. The van der Waals surface area contributed by atoms with Crippen LogP contribution in [0.3, 0.4) is 0 Å². The third kappa shape index (κ3) is 4.27. The van der Waals surface area contributed by atoms with Gasteiger partial charge in [0.15, 0.2) is 10.3 Å². The van der Waals surface area contributed by atoms with Gasteiger partial charge in [0.05, 0.1) is 39.2 Å². The summed E-state index contributed by atoms with van der Waals surface area (Å²) < 4.78 is 7.87. The zero-order chi connectivity index (χ0) is 23.7. The molecular weight excluding hydrogens is 468 g/mol. The van der Waals surface area contributed by atoms with Crippen molar-refractivity contribution in [2.75, 3.05) is 12.4 Å². The number of fused-ring (bicyclic) bond motifs is 2. The van der Waals surface area contributed by atoms with Gasteiger partial charge in [-0.15, -0.1) is 0 Å². The van der Waals surface area contributed by atoms with E-state index in [1.807, 2.05) is 54.6 Å². The number of ether oxygens (including phenoxy) is 1. The number of para-hydroxylation sites is 2. The number of carbonyl (C=O) groups excluding carboxylic acids is 1. The summed E-state index contributed by atoms with van der Waals surface area (Å²) in [6, 6.07) is 22.1. The molecule has 0 aliphatic carbocycles. The van der Waals surface area contributed by atoms with Crippen LogP contribution in [0.1, 0.15) is 6.92 Å². The number of nitrogens with zero attached hydrogens (tertiary/aromatic N) is 3. The Morgan fingerprint density at radius 1 is 1.03 bits per heavy atom. The van der Waals surface area contributed by atoms with Gasteiger partial charge < -0.3 is 10.1 Å². The van der Waals surface area contributed by atoms with Crippen molar-refractivity contribution in [2.45, 2.75) is 17.3 Å². The maximum absolute atomic E-state index is 13.5. The Labute approximate surface area is 203 Å². The first-order valence-electron chi connectivity index (χ1n) is 10.5. The molecule has 2 aromatic heterocycles. The standard InChI is InChI=1S/C25H20N4O3S2/c1-15(22(30)28-24-26-20-12-5-6-13-21(20)34-24)33-25-27-19-11-4-3-10-18(19)23(31)29(25)16-8-7-9-17(14-16)32-2/h3-15H,1-2H3,(H,26,28,30). The normalized spacial score (nSPS) is 12.1. The third-order valence-electron chi connectivity index (χ3n) is 5.23. The predicted molar refractivity (Wildman–Crippen MR) is 137 cm³/mol. The number of methoxy groups -OCH3 is 1. The highest BCUT2D eigenvalue weighted by molar-refractivity contribution is 8.00. The number of thioether (sulfide) groups is 1. The molecule has 34 heavy (non-hydrogen) atoms. The average Bonchev–Trinajstić information content (AvgIpc) is 3.26. The summed E-state index contributed by atoms with van der Waals surface area (Å²) in [6.07, 6.45) is 0. The minimum absolute atomic E-state index is 0.208. The molecule has 170 valence electrons. The SMILES string of the molecule is COc1cccc(-n2c(SC(C)C(=O)Nc3nc4ccccc4s3)nc3ccccc3c2=O)c1. The second-order valence-corrected chi connectivity index (χ2v) is 9.83. The predicted octanol–water partition coefficient (Wildman–Crippen LogP) is 5.12. The van der Waals surface area contributed by atoms with Gasteiger partial charge in [-0.3, -0.25) is 14.2 Å². The molecule has 0 aliphatic heterocycles. The Hall–Kier alpha value is -3.69. The summed E-state index contributed by atoms with van der Waals surface area (Å²) in [5.41, 5.74) is 1.82. The number of carbonyl (C=O) groups is 1. The molecule has 5 aromatic rings. The van der Waals surface area contributed by atoms with Gasteiger partial charge in [-0.1, -0.05) is 53.4 Å². The molecule has 0 saturated heterocycles. The molecule has 0 bridgehead atoms. The van der Waals surface area contributed by atoms with Gasteiger partial charge in [0.2, 0.25) is 5.91 Å². The van der Waals surface area contributed by atoms with E-state index in [9.17, 15) is 9.59 Å². The molecule has 3 aromatic carbocycles. The van der Waals surface area contributed by atoms with Crippen LogP contribution in [0.2, 0.25) is 0 Å². The van der Waals surface area contributed by atoms with E-state index < -0.39 is 5.25 Å². The van der Waals surface area contributed by atoms with Gasteiger partial charge in [-0.25, -0.2) is 9.97 Å². The van der Waals surface area contributed by atoms with Gasteiger partial charge in [0.25, 0.3) is 5.56 Å². The average molecular weight is 489 g/mol. The van der Waals surface area contributed by atoms with Gasteiger partial charge in [-0.05, 0) is 43.3 Å². The fourth-order valence-corrected chi connectivity index (χ4v) is 5.31. The Morgan fingerprint density at radius 3 is 2.59 bits per heavy atom. The largest absolute Gasteiger partial charge is 0.497 e. The molecule has 1 N–H and O–H groups in total. The summed E-state index contributed by atoms with van der Waals surface area (Å²) in [6.45, 7) is 1.78. The number of hydrogen-bond donors (Lipinski definition) is 1. The highest BCUT2D eigenvalue weighted by Gasteiger charge is 2.21. The Bertz CT molecular complexity index is 1540. The van der Waals surface area contributed by atoms with E-state index >= 15 is 0 Å². The van der Waals surface area contributed by atoms with E-state index in [2.05, 4.69) is 10.3 Å². The molecule has 1 amide bonds. The van der Waals surface area contributed by atoms with E-state index in [0.717, 1.165) is 10.2 Å². The van der Waals surface area contributed by atoms with Gasteiger partial charge in [0, 0.05) is 6.07 Å². The lowest BCUT2D eigenvalue weighted by molar-refractivity contribution is -0.115. The quantitative estimate of drug-likeness (QED) is 0.264. The molecule has 9 heteroatoms. The molecule has 7 nitrogen and oxygen atoms in total. The zero-order valence-corrected chi connectivity index (χ0v) is 20.0. The smallest absolute Gasteiger partial charge is 0.266 e. The van der Waals surface area contributed by atoms with Crippen molar-refractivity contribution in [3.8, 4) is 11.4 Å². The number of thiazole rings is 1. The topological polar surface area (TPSA) is 86.1 Å². The van der Waals surface area contributed by atoms with Gasteiger partial charge in [-0.2, -0.15) is 0 Å². The lowest BCUT2D eigenvalue weighted by Gasteiger charge is -2.16. The molecule has 0 fully saturated rings. The molecule has 1 atom stereocenters. The van der Waals surface area contributed by atoms with Crippen LogP contribution in [0, 0.1) is 0 Å². The highest BCUT2D eigenvalue weighted by atomic mass is 32.2. The van der Waals surface area contributed by atoms with Crippen LogP contribution in [-0.2, 0) is 4.79 Å². The first kappa shape index (κ1) is 22.1. The van der Waals surface area contributed by atoms with Crippen molar-refractivity contribution in [1.29, 1.82) is 0 Å². The molecular formula is C25H20N4O3S2. The number of amides is 1. The van der Waals surface area contributed by atoms with E-state index in [4.69, 9.17) is 9.72 Å². The molecule has 2 heterocycles. The molecule has 0 saturated carbocycles. The maximum Gasteiger partial charge on any atom is 0.266 e. The first-order chi connectivity index (χ1) is 16.5. The first-order valence-corrected chi connectivity index (χ1v) is 12.2. The van der Waals surface area contributed by atoms with Crippen molar-refractivity contribution >= 4 is 55.3 Å². The number of hydrogen-bond acceptors (Lipinski definition) is 7. The lowest BCUT2D eigenvalue weighted by Crippen LogP contribution is -2.26. The van der Waals surface area contributed by atoms with Crippen LogP contribution in [-0.4, -0.2) is 32.8 Å². The molecule has 0 aliphatic rings. The molecule has 0 radical (unpaired) electrons. The minimum atomic E-state index is -0.531. The number of rotatable bonds is 6. The van der Waals surface area contributed by atoms with Crippen LogP contribution >= 0.6 is 23.1 Å². The monoisotopic (exact) mass is 488 g/mol. The number of nitrogens with one attached hydrogen (secondary N) is 1. The minimum Gasteiger partial charge on any atom is -0.497 e. The summed E-state index contributed by atoms with van der Waals surface area (Å²) in [7, 11) is 1.57. The second kappa shape index (κ2) is 9.28. The highest BCUT2D eigenvalue weighted by Crippen LogP contribution is 2.29. The van der Waals surface area contributed by atoms with Crippen molar-refractivity contribution < 1.29 is 9.53 Å². The fourth-order valence-electron chi connectivity index (χ4n) is 3.51. The number of aromatic nitrogens is 3. The number of anilines is 1. The molecule has 5 rings (SSSR count). The Morgan fingerprint density at radius 2 is 1.79 bits per heavy atom. The van der Waals surface area contributed by atoms with Crippen molar-refractivity contribution in [3.63, 3.8) is 0 Å². The lowest BCUT2D eigenvalue weighted by atomic mass is 10.2. The Balaban J connectivity index is 1.50. The van der Waals surface area contributed by atoms with E-state index in [-0.39, 0.29) is 11.5 Å².